The molecule has 0 saturated heterocycles. The zero-order chi connectivity index (χ0) is 14.8. The van der Waals surface area contributed by atoms with Gasteiger partial charge in [0.15, 0.2) is 0 Å². The number of hydrogen-bond acceptors (Lipinski definition) is 1. The highest BCUT2D eigenvalue weighted by atomic mass is 19.4. The lowest BCUT2D eigenvalue weighted by atomic mass is 9.85. The predicted octanol–water partition coefficient (Wildman–Crippen LogP) is 4.60. The third-order valence-corrected chi connectivity index (χ3v) is 4.02. The SMILES string of the molecule is C[C@@H](NC1CCC(C(F)(F)F)CC1)c1cccc(F)c1. The van der Waals surface area contributed by atoms with Gasteiger partial charge in [0.1, 0.15) is 5.82 Å². The molecule has 0 amide bonds. The van der Waals surface area contributed by atoms with E-state index in [1.165, 1.54) is 12.1 Å². The minimum absolute atomic E-state index is 0.0573. The molecule has 1 aromatic carbocycles. The van der Waals surface area contributed by atoms with Crippen LogP contribution >= 0.6 is 0 Å². The largest absolute Gasteiger partial charge is 0.391 e. The maximum atomic E-state index is 13.1. The van der Waals surface area contributed by atoms with Crippen LogP contribution in [0, 0.1) is 11.7 Å². The molecule has 1 saturated carbocycles. The summed E-state index contributed by atoms with van der Waals surface area (Å²) in [5.41, 5.74) is 0.822. The molecule has 1 aliphatic carbocycles. The van der Waals surface area contributed by atoms with Crippen LogP contribution in [0.2, 0.25) is 0 Å². The van der Waals surface area contributed by atoms with Gasteiger partial charge in [-0.2, -0.15) is 13.2 Å². The number of rotatable bonds is 3. The van der Waals surface area contributed by atoms with Gasteiger partial charge in [-0.3, -0.25) is 0 Å². The van der Waals surface area contributed by atoms with E-state index in [1.54, 1.807) is 6.07 Å². The van der Waals surface area contributed by atoms with E-state index in [0.717, 1.165) is 5.56 Å². The Labute approximate surface area is 116 Å². The van der Waals surface area contributed by atoms with Crippen LogP contribution in [0.1, 0.15) is 44.2 Å². The van der Waals surface area contributed by atoms with Crippen LogP contribution in [0.3, 0.4) is 0 Å². The molecule has 0 heterocycles. The van der Waals surface area contributed by atoms with Crippen molar-refractivity contribution in [2.75, 3.05) is 0 Å². The molecule has 0 bridgehead atoms. The van der Waals surface area contributed by atoms with Crippen LogP contribution in [0.4, 0.5) is 17.6 Å². The molecular weight excluding hydrogens is 270 g/mol. The molecule has 20 heavy (non-hydrogen) atoms. The molecule has 1 nitrogen and oxygen atoms in total. The van der Waals surface area contributed by atoms with Crippen molar-refractivity contribution in [1.29, 1.82) is 0 Å². The van der Waals surface area contributed by atoms with Gasteiger partial charge in [0.25, 0.3) is 0 Å². The van der Waals surface area contributed by atoms with Gasteiger partial charge in [-0.05, 0) is 50.3 Å². The summed E-state index contributed by atoms with van der Waals surface area (Å²) in [4.78, 5) is 0. The lowest BCUT2D eigenvalue weighted by Gasteiger charge is -2.32. The summed E-state index contributed by atoms with van der Waals surface area (Å²) in [6, 6.07) is 6.32. The van der Waals surface area contributed by atoms with Crippen LogP contribution in [-0.2, 0) is 0 Å². The van der Waals surface area contributed by atoms with E-state index in [-0.39, 0.29) is 30.7 Å². The second-order valence-corrected chi connectivity index (χ2v) is 5.53. The number of benzene rings is 1. The van der Waals surface area contributed by atoms with Crippen LogP contribution in [0.15, 0.2) is 24.3 Å². The van der Waals surface area contributed by atoms with Gasteiger partial charge in [-0.25, -0.2) is 4.39 Å². The first kappa shape index (κ1) is 15.3. The number of nitrogens with one attached hydrogen (secondary N) is 1. The molecule has 1 aliphatic rings. The summed E-state index contributed by atoms with van der Waals surface area (Å²) in [7, 11) is 0. The van der Waals surface area contributed by atoms with Crippen molar-refractivity contribution in [3.63, 3.8) is 0 Å². The van der Waals surface area contributed by atoms with Crippen LogP contribution in [0.25, 0.3) is 0 Å². The van der Waals surface area contributed by atoms with E-state index < -0.39 is 12.1 Å². The van der Waals surface area contributed by atoms with Crippen molar-refractivity contribution < 1.29 is 17.6 Å². The first-order chi connectivity index (χ1) is 9.36. The van der Waals surface area contributed by atoms with Gasteiger partial charge < -0.3 is 5.32 Å². The molecule has 1 fully saturated rings. The molecule has 0 spiro atoms. The fourth-order valence-corrected chi connectivity index (χ4v) is 2.81. The lowest BCUT2D eigenvalue weighted by molar-refractivity contribution is -0.182. The summed E-state index contributed by atoms with van der Waals surface area (Å²) in [5.74, 6) is -1.46. The maximum Gasteiger partial charge on any atom is 0.391 e. The minimum atomic E-state index is -4.07. The summed E-state index contributed by atoms with van der Waals surface area (Å²) < 4.78 is 50.9. The van der Waals surface area contributed by atoms with E-state index in [0.29, 0.717) is 12.8 Å². The summed E-state index contributed by atoms with van der Waals surface area (Å²) in [5, 5.41) is 3.30. The standard InChI is InChI=1S/C15H19F4N/c1-10(11-3-2-4-13(16)9-11)20-14-7-5-12(6-8-14)15(17,18)19/h2-4,9-10,12,14,20H,5-8H2,1H3/t10-,12?,14?/m1/s1. The molecule has 0 radical (unpaired) electrons. The average Bonchev–Trinajstić information content (AvgIpc) is 2.38. The number of hydrogen-bond donors (Lipinski definition) is 1. The van der Waals surface area contributed by atoms with Gasteiger partial charge in [-0.15, -0.1) is 0 Å². The molecule has 0 unspecified atom stereocenters. The van der Waals surface area contributed by atoms with Crippen molar-refractivity contribution in [1.82, 2.24) is 5.32 Å². The Morgan fingerprint density at radius 1 is 1.15 bits per heavy atom. The van der Waals surface area contributed by atoms with Gasteiger partial charge in [0, 0.05) is 12.1 Å². The monoisotopic (exact) mass is 289 g/mol. The Morgan fingerprint density at radius 2 is 1.80 bits per heavy atom. The zero-order valence-electron chi connectivity index (χ0n) is 11.4. The highest BCUT2D eigenvalue weighted by molar-refractivity contribution is 5.19. The Morgan fingerprint density at radius 3 is 2.35 bits per heavy atom. The van der Waals surface area contributed by atoms with E-state index >= 15 is 0 Å². The summed E-state index contributed by atoms with van der Waals surface area (Å²) in [6.07, 6.45) is -2.68. The molecule has 1 aromatic rings. The first-order valence-corrected chi connectivity index (χ1v) is 6.94. The molecule has 0 aliphatic heterocycles. The fourth-order valence-electron chi connectivity index (χ4n) is 2.81. The van der Waals surface area contributed by atoms with Crippen molar-refractivity contribution in [3.05, 3.63) is 35.6 Å². The van der Waals surface area contributed by atoms with Crippen molar-refractivity contribution >= 4 is 0 Å². The van der Waals surface area contributed by atoms with Gasteiger partial charge in [0.2, 0.25) is 0 Å². The molecule has 2 rings (SSSR count). The topological polar surface area (TPSA) is 12.0 Å². The maximum absolute atomic E-state index is 13.1. The second-order valence-electron chi connectivity index (χ2n) is 5.53. The Balaban J connectivity index is 1.86. The Hall–Kier alpha value is -1.10. The average molecular weight is 289 g/mol. The highest BCUT2D eigenvalue weighted by Gasteiger charge is 2.41. The van der Waals surface area contributed by atoms with Crippen LogP contribution in [0.5, 0.6) is 0 Å². The van der Waals surface area contributed by atoms with Crippen molar-refractivity contribution in [2.24, 2.45) is 5.92 Å². The highest BCUT2D eigenvalue weighted by Crippen LogP contribution is 2.37. The minimum Gasteiger partial charge on any atom is -0.307 e. The zero-order valence-corrected chi connectivity index (χ0v) is 11.4. The third kappa shape index (κ3) is 3.95. The normalized spacial score (nSPS) is 25.4. The summed E-state index contributed by atoms with van der Waals surface area (Å²) in [6.45, 7) is 1.91. The molecular formula is C15H19F4N. The van der Waals surface area contributed by atoms with E-state index in [4.69, 9.17) is 0 Å². The quantitative estimate of drug-likeness (QED) is 0.802. The van der Waals surface area contributed by atoms with Crippen molar-refractivity contribution in [2.45, 2.75) is 50.9 Å². The first-order valence-electron chi connectivity index (χ1n) is 6.94. The third-order valence-electron chi connectivity index (χ3n) is 4.02. The van der Waals surface area contributed by atoms with Crippen molar-refractivity contribution in [3.8, 4) is 0 Å². The number of halogens is 4. The van der Waals surface area contributed by atoms with E-state index in [9.17, 15) is 17.6 Å². The smallest absolute Gasteiger partial charge is 0.307 e. The molecule has 5 heteroatoms. The van der Waals surface area contributed by atoms with Crippen LogP contribution in [-0.4, -0.2) is 12.2 Å². The molecule has 1 atom stereocenters. The van der Waals surface area contributed by atoms with Gasteiger partial charge in [-0.1, -0.05) is 12.1 Å². The van der Waals surface area contributed by atoms with Gasteiger partial charge in [0.05, 0.1) is 5.92 Å². The Kier molecular flexibility index (Phi) is 4.68. The lowest BCUT2D eigenvalue weighted by Crippen LogP contribution is -2.38. The van der Waals surface area contributed by atoms with Crippen LogP contribution < -0.4 is 5.32 Å². The molecule has 112 valence electrons. The Bertz CT molecular complexity index is 436. The summed E-state index contributed by atoms with van der Waals surface area (Å²) >= 11 is 0. The molecule has 1 N–H and O–H groups in total. The number of alkyl halides is 3. The second kappa shape index (κ2) is 6.12. The van der Waals surface area contributed by atoms with E-state index in [2.05, 4.69) is 5.32 Å². The van der Waals surface area contributed by atoms with Gasteiger partial charge >= 0.3 is 6.18 Å². The fraction of sp³-hybridized carbons (Fsp3) is 0.600. The van der Waals surface area contributed by atoms with E-state index in [1.807, 2.05) is 13.0 Å². The molecule has 0 aromatic heterocycles. The predicted molar refractivity (Wildman–Crippen MR) is 69.8 cm³/mol.